The lowest BCUT2D eigenvalue weighted by Gasteiger charge is -2.24. The molecule has 7 heteroatoms. The van der Waals surface area contributed by atoms with E-state index in [-0.39, 0.29) is 29.6 Å². The summed E-state index contributed by atoms with van der Waals surface area (Å²) in [4.78, 5) is 11.6. The van der Waals surface area contributed by atoms with Crippen molar-refractivity contribution in [3.05, 3.63) is 0 Å². The summed E-state index contributed by atoms with van der Waals surface area (Å²) in [5.74, 6) is 0.322. The zero-order chi connectivity index (χ0) is 12.3. The zero-order valence-electron chi connectivity index (χ0n) is 9.74. The molecule has 0 aromatic rings. The number of sulfone groups is 1. The highest BCUT2D eigenvalue weighted by atomic mass is 32.2. The molecule has 2 aliphatic heterocycles. The van der Waals surface area contributed by atoms with Crippen LogP contribution in [0.3, 0.4) is 0 Å². The van der Waals surface area contributed by atoms with Crippen molar-refractivity contribution >= 4 is 15.9 Å². The van der Waals surface area contributed by atoms with Crippen LogP contribution >= 0.6 is 0 Å². The second-order valence-electron chi connectivity index (χ2n) is 4.76. The molecule has 98 valence electrons. The summed E-state index contributed by atoms with van der Waals surface area (Å²) in [6.45, 7) is 1.71. The minimum Gasteiger partial charge on any atom is -0.334 e. The molecule has 6 nitrogen and oxygen atoms in total. The fourth-order valence-electron chi connectivity index (χ4n) is 2.33. The second kappa shape index (κ2) is 5.22. The van der Waals surface area contributed by atoms with Crippen LogP contribution in [-0.4, -0.2) is 51.1 Å². The summed E-state index contributed by atoms with van der Waals surface area (Å²) in [7, 11) is -2.96. The quantitative estimate of drug-likeness (QED) is 0.609. The van der Waals surface area contributed by atoms with E-state index in [1.807, 2.05) is 0 Å². The van der Waals surface area contributed by atoms with Gasteiger partial charge in [-0.2, -0.15) is 0 Å². The standard InChI is InChI=1S/C10H19N3O3S/c14-10(12-8-3-4-11-6-8)13-9-2-1-5-17(15,16)7-9/h8-9,11H,1-7H2,(H2,12,13,14). The van der Waals surface area contributed by atoms with Crippen LogP contribution in [-0.2, 0) is 9.84 Å². The van der Waals surface area contributed by atoms with E-state index in [2.05, 4.69) is 16.0 Å². The van der Waals surface area contributed by atoms with Crippen molar-refractivity contribution in [3.8, 4) is 0 Å². The molecular weight excluding hydrogens is 242 g/mol. The molecule has 3 N–H and O–H groups in total. The maximum absolute atomic E-state index is 11.6. The summed E-state index contributed by atoms with van der Waals surface area (Å²) in [5.41, 5.74) is 0. The Balaban J connectivity index is 1.77. The first-order chi connectivity index (χ1) is 8.05. The third-order valence-electron chi connectivity index (χ3n) is 3.19. The first-order valence-corrected chi connectivity index (χ1v) is 7.85. The average molecular weight is 261 g/mol. The van der Waals surface area contributed by atoms with Gasteiger partial charge in [0.1, 0.15) is 0 Å². The number of urea groups is 1. The van der Waals surface area contributed by atoms with Gasteiger partial charge in [0, 0.05) is 18.6 Å². The van der Waals surface area contributed by atoms with Crippen LogP contribution < -0.4 is 16.0 Å². The van der Waals surface area contributed by atoms with Gasteiger partial charge in [-0.25, -0.2) is 13.2 Å². The summed E-state index contributed by atoms with van der Waals surface area (Å²) in [5, 5.41) is 8.75. The third-order valence-corrected chi connectivity index (χ3v) is 5.01. The summed E-state index contributed by atoms with van der Waals surface area (Å²) < 4.78 is 22.8. The van der Waals surface area contributed by atoms with Crippen molar-refractivity contribution in [2.24, 2.45) is 0 Å². The highest BCUT2D eigenvalue weighted by Gasteiger charge is 2.26. The maximum atomic E-state index is 11.6. The minimum atomic E-state index is -2.96. The van der Waals surface area contributed by atoms with Crippen molar-refractivity contribution in [1.82, 2.24) is 16.0 Å². The lowest BCUT2D eigenvalue weighted by atomic mass is 10.2. The molecule has 0 aliphatic carbocycles. The fourth-order valence-corrected chi connectivity index (χ4v) is 3.96. The molecule has 17 heavy (non-hydrogen) atoms. The number of nitrogens with one attached hydrogen (secondary N) is 3. The molecule has 2 saturated heterocycles. The molecule has 0 aromatic heterocycles. The molecule has 0 radical (unpaired) electrons. The Morgan fingerprint density at radius 1 is 1.18 bits per heavy atom. The Labute approximate surface area is 101 Å². The Morgan fingerprint density at radius 3 is 2.59 bits per heavy atom. The van der Waals surface area contributed by atoms with E-state index in [0.717, 1.165) is 25.9 Å². The van der Waals surface area contributed by atoms with Gasteiger partial charge in [0.2, 0.25) is 0 Å². The summed E-state index contributed by atoms with van der Waals surface area (Å²) in [6, 6.07) is -0.320. The van der Waals surface area contributed by atoms with Gasteiger partial charge < -0.3 is 16.0 Å². The molecule has 2 amide bonds. The van der Waals surface area contributed by atoms with Crippen molar-refractivity contribution in [1.29, 1.82) is 0 Å². The normalized spacial score (nSPS) is 32.0. The van der Waals surface area contributed by atoms with Gasteiger partial charge in [0.15, 0.2) is 9.84 Å². The number of rotatable bonds is 2. The highest BCUT2D eigenvalue weighted by Crippen LogP contribution is 2.11. The first kappa shape index (κ1) is 12.6. The highest BCUT2D eigenvalue weighted by molar-refractivity contribution is 7.91. The topological polar surface area (TPSA) is 87.3 Å². The molecular formula is C10H19N3O3S. The number of carbonyl (C=O) groups is 1. The van der Waals surface area contributed by atoms with Gasteiger partial charge in [-0.15, -0.1) is 0 Å². The van der Waals surface area contributed by atoms with Gasteiger partial charge in [0.05, 0.1) is 11.5 Å². The lowest BCUT2D eigenvalue weighted by molar-refractivity contribution is 0.234. The number of hydrogen-bond acceptors (Lipinski definition) is 4. The van der Waals surface area contributed by atoms with Crippen LogP contribution in [0.25, 0.3) is 0 Å². The molecule has 0 spiro atoms. The monoisotopic (exact) mass is 261 g/mol. The second-order valence-corrected chi connectivity index (χ2v) is 6.99. The van der Waals surface area contributed by atoms with Crippen molar-refractivity contribution in [3.63, 3.8) is 0 Å². The number of amides is 2. The Bertz CT molecular complexity index is 376. The Hall–Kier alpha value is -0.820. The average Bonchev–Trinajstić information content (AvgIpc) is 2.68. The van der Waals surface area contributed by atoms with E-state index >= 15 is 0 Å². The molecule has 0 saturated carbocycles. The molecule has 2 atom stereocenters. The van der Waals surface area contributed by atoms with Gasteiger partial charge in [-0.1, -0.05) is 0 Å². The van der Waals surface area contributed by atoms with E-state index in [1.54, 1.807) is 0 Å². The maximum Gasteiger partial charge on any atom is 0.315 e. The lowest BCUT2D eigenvalue weighted by Crippen LogP contribution is -2.50. The molecule has 2 aliphatic rings. The molecule has 2 fully saturated rings. The van der Waals surface area contributed by atoms with Crippen LogP contribution in [0.2, 0.25) is 0 Å². The molecule has 2 heterocycles. The van der Waals surface area contributed by atoms with Gasteiger partial charge in [-0.05, 0) is 25.8 Å². The van der Waals surface area contributed by atoms with Gasteiger partial charge >= 0.3 is 6.03 Å². The van der Waals surface area contributed by atoms with Crippen molar-refractivity contribution in [2.45, 2.75) is 31.3 Å². The molecule has 2 rings (SSSR count). The van der Waals surface area contributed by atoms with E-state index in [1.165, 1.54) is 0 Å². The van der Waals surface area contributed by atoms with Crippen LogP contribution in [0.1, 0.15) is 19.3 Å². The Kier molecular flexibility index (Phi) is 3.88. The SMILES string of the molecule is O=C(NC1CCNC1)NC1CCCS(=O)(=O)C1. The van der Waals surface area contributed by atoms with E-state index in [0.29, 0.717) is 6.42 Å². The fraction of sp³-hybridized carbons (Fsp3) is 0.900. The minimum absolute atomic E-state index is 0.0728. The number of hydrogen-bond donors (Lipinski definition) is 3. The number of carbonyl (C=O) groups excluding carboxylic acids is 1. The van der Waals surface area contributed by atoms with Crippen LogP contribution in [0.4, 0.5) is 4.79 Å². The van der Waals surface area contributed by atoms with Gasteiger partial charge in [-0.3, -0.25) is 0 Å². The van der Waals surface area contributed by atoms with E-state index < -0.39 is 9.84 Å². The largest absolute Gasteiger partial charge is 0.334 e. The van der Waals surface area contributed by atoms with Crippen LogP contribution in [0, 0.1) is 0 Å². The van der Waals surface area contributed by atoms with Crippen molar-refractivity contribution < 1.29 is 13.2 Å². The van der Waals surface area contributed by atoms with E-state index in [9.17, 15) is 13.2 Å². The van der Waals surface area contributed by atoms with E-state index in [4.69, 9.17) is 0 Å². The van der Waals surface area contributed by atoms with Gasteiger partial charge in [0.25, 0.3) is 0 Å². The Morgan fingerprint density at radius 2 is 1.94 bits per heavy atom. The summed E-state index contributed by atoms with van der Waals surface area (Å²) >= 11 is 0. The zero-order valence-corrected chi connectivity index (χ0v) is 10.6. The molecule has 0 bridgehead atoms. The predicted octanol–water partition coefficient (Wildman–Crippen LogP) is -0.775. The predicted molar refractivity (Wildman–Crippen MR) is 64.6 cm³/mol. The summed E-state index contributed by atoms with van der Waals surface area (Å²) in [6.07, 6.45) is 2.31. The molecule has 2 unspecified atom stereocenters. The smallest absolute Gasteiger partial charge is 0.315 e. The first-order valence-electron chi connectivity index (χ1n) is 6.03. The van der Waals surface area contributed by atoms with Crippen molar-refractivity contribution in [2.75, 3.05) is 24.6 Å². The van der Waals surface area contributed by atoms with Crippen LogP contribution in [0.5, 0.6) is 0 Å². The molecule has 0 aromatic carbocycles. The third kappa shape index (κ3) is 3.85. The van der Waals surface area contributed by atoms with Crippen LogP contribution in [0.15, 0.2) is 0 Å².